The lowest BCUT2D eigenvalue weighted by Gasteiger charge is -2.30. The number of benzene rings is 2. The lowest BCUT2D eigenvalue weighted by Crippen LogP contribution is -2.49. The Labute approximate surface area is 126 Å². The van der Waals surface area contributed by atoms with Crippen LogP contribution in [0.25, 0.3) is 0 Å². The van der Waals surface area contributed by atoms with Gasteiger partial charge in [-0.2, -0.15) is 0 Å². The monoisotopic (exact) mass is 297 g/mol. The maximum Gasteiger partial charge on any atom is 0.222 e. The van der Waals surface area contributed by atoms with Crippen LogP contribution in [0.2, 0.25) is 19.1 Å². The van der Waals surface area contributed by atoms with Gasteiger partial charge in [0, 0.05) is 11.7 Å². The number of hydrogen-bond donors (Lipinski definition) is 1. The predicted molar refractivity (Wildman–Crippen MR) is 87.8 cm³/mol. The van der Waals surface area contributed by atoms with Crippen molar-refractivity contribution in [3.8, 4) is 5.75 Å². The molecule has 1 amide bonds. The smallest absolute Gasteiger partial charge is 0.222 e. The number of carbonyl (C=O) groups is 1. The highest BCUT2D eigenvalue weighted by molar-refractivity contribution is 6.93. The highest BCUT2D eigenvalue weighted by Gasteiger charge is 2.34. The van der Waals surface area contributed by atoms with E-state index in [0.717, 1.165) is 17.0 Å². The molecule has 0 aromatic heterocycles. The molecule has 0 unspecified atom stereocenters. The van der Waals surface area contributed by atoms with Gasteiger partial charge in [-0.3, -0.25) is 4.79 Å². The van der Waals surface area contributed by atoms with Gasteiger partial charge in [-0.05, 0) is 28.9 Å². The lowest BCUT2D eigenvalue weighted by molar-refractivity contribution is -0.114. The second-order valence-electron chi connectivity index (χ2n) is 6.09. The van der Waals surface area contributed by atoms with E-state index in [1.54, 1.807) is 0 Å². The van der Waals surface area contributed by atoms with E-state index in [2.05, 4.69) is 36.6 Å². The highest BCUT2D eigenvalue weighted by Crippen LogP contribution is 2.25. The molecule has 1 heterocycles. The summed E-state index contributed by atoms with van der Waals surface area (Å²) in [5.41, 5.74) is 2.11. The van der Waals surface area contributed by atoms with Crippen LogP contribution in [-0.4, -0.2) is 14.0 Å². The summed E-state index contributed by atoms with van der Waals surface area (Å²) in [6.07, 6.45) is 0. The average Bonchev–Trinajstić information content (AvgIpc) is 2.45. The summed E-state index contributed by atoms with van der Waals surface area (Å²) in [7, 11) is -1.71. The first-order valence-corrected chi connectivity index (χ1v) is 10.4. The molecule has 3 rings (SSSR count). The third kappa shape index (κ3) is 3.00. The number of nitrogens with one attached hydrogen (secondary N) is 1. The number of ether oxygens (including phenoxy) is 1. The van der Waals surface area contributed by atoms with E-state index in [4.69, 9.17) is 4.74 Å². The predicted octanol–water partition coefficient (Wildman–Crippen LogP) is 3.13. The Balaban J connectivity index is 1.81. The number of hydrogen-bond acceptors (Lipinski definition) is 2. The zero-order chi connectivity index (χ0) is 14.9. The van der Waals surface area contributed by atoms with Gasteiger partial charge in [-0.1, -0.05) is 43.4 Å². The molecule has 1 N–H and O–H groups in total. The van der Waals surface area contributed by atoms with Crippen LogP contribution in [0, 0.1) is 0 Å². The molecule has 1 aliphatic heterocycles. The van der Waals surface area contributed by atoms with Gasteiger partial charge < -0.3 is 10.1 Å². The fraction of sp³-hybridized carbons (Fsp3) is 0.235. The van der Waals surface area contributed by atoms with Crippen LogP contribution in [-0.2, 0) is 11.4 Å². The molecule has 3 nitrogen and oxygen atoms in total. The van der Waals surface area contributed by atoms with Crippen LogP contribution in [0.1, 0.15) is 5.56 Å². The minimum Gasteiger partial charge on any atom is -0.489 e. The Morgan fingerprint density at radius 3 is 2.67 bits per heavy atom. The summed E-state index contributed by atoms with van der Waals surface area (Å²) >= 11 is 0. The van der Waals surface area contributed by atoms with Crippen LogP contribution in [0.4, 0.5) is 5.69 Å². The van der Waals surface area contributed by atoms with E-state index in [1.807, 2.05) is 30.3 Å². The van der Waals surface area contributed by atoms with Gasteiger partial charge in [0.15, 0.2) is 0 Å². The Morgan fingerprint density at radius 2 is 1.90 bits per heavy atom. The first-order valence-electron chi connectivity index (χ1n) is 7.16. The Kier molecular flexibility index (Phi) is 3.55. The molecule has 0 spiro atoms. The van der Waals surface area contributed by atoms with Crippen molar-refractivity contribution in [3.05, 3.63) is 54.1 Å². The molecule has 0 atom stereocenters. The highest BCUT2D eigenvalue weighted by atomic mass is 28.3. The van der Waals surface area contributed by atoms with E-state index < -0.39 is 8.07 Å². The molecule has 2 aromatic rings. The molecule has 21 heavy (non-hydrogen) atoms. The van der Waals surface area contributed by atoms with E-state index in [-0.39, 0.29) is 5.91 Å². The van der Waals surface area contributed by atoms with Crippen molar-refractivity contribution in [2.45, 2.75) is 25.7 Å². The number of anilines is 1. The van der Waals surface area contributed by atoms with Gasteiger partial charge in [0.25, 0.3) is 0 Å². The van der Waals surface area contributed by atoms with Crippen molar-refractivity contribution in [1.82, 2.24) is 0 Å². The molecule has 0 saturated heterocycles. The first-order chi connectivity index (χ1) is 10.0. The SMILES string of the molecule is C[Si]1(C)CC(=O)Nc2ccc(OCc3ccccc3)cc21. The largest absolute Gasteiger partial charge is 0.489 e. The summed E-state index contributed by atoms with van der Waals surface area (Å²) in [5.74, 6) is 1.01. The fourth-order valence-electron chi connectivity index (χ4n) is 2.71. The van der Waals surface area contributed by atoms with Gasteiger partial charge in [0.1, 0.15) is 12.4 Å². The number of amides is 1. The maximum atomic E-state index is 11.7. The average molecular weight is 297 g/mol. The second kappa shape index (κ2) is 5.37. The Bertz CT molecular complexity index is 668. The van der Waals surface area contributed by atoms with Crippen LogP contribution < -0.4 is 15.2 Å². The van der Waals surface area contributed by atoms with Gasteiger partial charge in [0.05, 0.1) is 8.07 Å². The van der Waals surface area contributed by atoms with Crippen LogP contribution in [0.3, 0.4) is 0 Å². The Morgan fingerprint density at radius 1 is 1.14 bits per heavy atom. The Hall–Kier alpha value is -2.07. The summed E-state index contributed by atoms with van der Waals surface area (Å²) in [5, 5.41) is 4.23. The quantitative estimate of drug-likeness (QED) is 0.884. The van der Waals surface area contributed by atoms with E-state index >= 15 is 0 Å². The molecule has 0 radical (unpaired) electrons. The van der Waals surface area contributed by atoms with Crippen molar-refractivity contribution in [1.29, 1.82) is 0 Å². The first kappa shape index (κ1) is 13.9. The van der Waals surface area contributed by atoms with E-state index in [0.29, 0.717) is 12.7 Å². The molecule has 0 bridgehead atoms. The standard InChI is InChI=1S/C17H19NO2Si/c1-21(2)12-17(19)18-15-9-8-14(10-16(15)21)20-11-13-6-4-3-5-7-13/h3-10H,11-12H2,1-2H3,(H,18,19). The van der Waals surface area contributed by atoms with Crippen LogP contribution in [0.5, 0.6) is 5.75 Å². The minimum absolute atomic E-state index is 0.136. The number of carbonyl (C=O) groups excluding carboxylic acids is 1. The molecule has 108 valence electrons. The molecule has 0 fully saturated rings. The lowest BCUT2D eigenvalue weighted by atomic mass is 10.2. The molecule has 4 heteroatoms. The summed E-state index contributed by atoms with van der Waals surface area (Å²) < 4.78 is 5.89. The topological polar surface area (TPSA) is 38.3 Å². The van der Waals surface area contributed by atoms with Gasteiger partial charge in [-0.25, -0.2) is 0 Å². The maximum absolute atomic E-state index is 11.7. The third-order valence-electron chi connectivity index (χ3n) is 3.85. The van der Waals surface area contributed by atoms with Crippen molar-refractivity contribution in [2.24, 2.45) is 0 Å². The van der Waals surface area contributed by atoms with Gasteiger partial charge >= 0.3 is 0 Å². The number of rotatable bonds is 3. The molecule has 1 aliphatic rings. The fourth-order valence-corrected chi connectivity index (χ4v) is 5.20. The molecule has 0 saturated carbocycles. The van der Waals surface area contributed by atoms with Gasteiger partial charge in [0.2, 0.25) is 5.91 Å². The molecular weight excluding hydrogens is 278 g/mol. The summed E-state index contributed by atoms with van der Waals surface area (Å²) in [6.45, 7) is 5.02. The third-order valence-corrected chi connectivity index (χ3v) is 6.92. The minimum atomic E-state index is -1.71. The van der Waals surface area contributed by atoms with Crippen LogP contribution in [0.15, 0.2) is 48.5 Å². The summed E-state index contributed by atoms with van der Waals surface area (Å²) in [4.78, 5) is 11.7. The van der Waals surface area contributed by atoms with Crippen molar-refractivity contribution in [2.75, 3.05) is 5.32 Å². The van der Waals surface area contributed by atoms with Crippen molar-refractivity contribution >= 4 is 24.9 Å². The molecule has 0 aliphatic carbocycles. The van der Waals surface area contributed by atoms with Gasteiger partial charge in [-0.15, -0.1) is 0 Å². The molecular formula is C17H19NO2Si. The summed E-state index contributed by atoms with van der Waals surface area (Å²) in [6, 6.07) is 16.8. The van der Waals surface area contributed by atoms with Crippen molar-refractivity contribution in [3.63, 3.8) is 0 Å². The zero-order valence-corrected chi connectivity index (χ0v) is 13.3. The van der Waals surface area contributed by atoms with E-state index in [1.165, 1.54) is 5.19 Å². The van der Waals surface area contributed by atoms with E-state index in [9.17, 15) is 4.79 Å². The zero-order valence-electron chi connectivity index (χ0n) is 12.3. The van der Waals surface area contributed by atoms with Crippen LogP contribution >= 0.6 is 0 Å². The number of fused-ring (bicyclic) bond motifs is 1. The molecule has 2 aromatic carbocycles. The second-order valence-corrected chi connectivity index (χ2v) is 10.8. The normalized spacial score (nSPS) is 16.0. The van der Waals surface area contributed by atoms with Crippen molar-refractivity contribution < 1.29 is 9.53 Å².